The summed E-state index contributed by atoms with van der Waals surface area (Å²) in [5.41, 5.74) is 3.69. The van der Waals surface area contributed by atoms with Gasteiger partial charge in [0.2, 0.25) is 0 Å². The van der Waals surface area contributed by atoms with Crippen LogP contribution in [0.1, 0.15) is 63.5 Å². The van der Waals surface area contributed by atoms with Gasteiger partial charge >= 0.3 is 0 Å². The van der Waals surface area contributed by atoms with Gasteiger partial charge in [-0.3, -0.25) is 0 Å². The highest BCUT2D eigenvalue weighted by Gasteiger charge is 2.59. The average molecular weight is 257 g/mol. The highest BCUT2D eigenvalue weighted by Crippen LogP contribution is 2.64. The van der Waals surface area contributed by atoms with Crippen molar-refractivity contribution in [1.29, 1.82) is 0 Å². The molecule has 0 heterocycles. The highest BCUT2D eigenvalue weighted by molar-refractivity contribution is 5.42. The van der Waals surface area contributed by atoms with Crippen molar-refractivity contribution in [2.24, 2.45) is 11.3 Å². The summed E-state index contributed by atoms with van der Waals surface area (Å²) in [6, 6.07) is 9.89. The summed E-state index contributed by atoms with van der Waals surface area (Å²) < 4.78 is 0. The van der Waals surface area contributed by atoms with E-state index in [9.17, 15) is 0 Å². The SMILES string of the molecule is CCNC1C2CC(C)c3ccccc3C2C1(C)CC. The minimum atomic E-state index is 0.441. The zero-order valence-corrected chi connectivity index (χ0v) is 12.7. The number of hydrogen-bond acceptors (Lipinski definition) is 1. The Morgan fingerprint density at radius 2 is 1.89 bits per heavy atom. The van der Waals surface area contributed by atoms with Crippen LogP contribution in [-0.4, -0.2) is 12.6 Å². The smallest absolute Gasteiger partial charge is 0.0161 e. The van der Waals surface area contributed by atoms with Crippen LogP contribution in [0.2, 0.25) is 0 Å². The fraction of sp³-hybridized carbons (Fsp3) is 0.667. The van der Waals surface area contributed by atoms with Crippen molar-refractivity contribution in [3.05, 3.63) is 35.4 Å². The number of nitrogens with one attached hydrogen (secondary N) is 1. The molecule has 1 nitrogen and oxygen atoms in total. The zero-order valence-electron chi connectivity index (χ0n) is 12.7. The Morgan fingerprint density at radius 1 is 1.21 bits per heavy atom. The molecule has 1 fully saturated rings. The molecule has 0 amide bonds. The minimum Gasteiger partial charge on any atom is -0.313 e. The largest absolute Gasteiger partial charge is 0.313 e. The summed E-state index contributed by atoms with van der Waals surface area (Å²) in [7, 11) is 0. The molecule has 104 valence electrons. The second-order valence-electron chi connectivity index (χ2n) is 6.80. The Bertz CT molecular complexity index is 467. The molecule has 1 aromatic carbocycles. The van der Waals surface area contributed by atoms with E-state index in [0.29, 0.717) is 11.5 Å². The van der Waals surface area contributed by atoms with Crippen LogP contribution in [0.5, 0.6) is 0 Å². The molecule has 5 atom stereocenters. The molecule has 0 radical (unpaired) electrons. The first kappa shape index (κ1) is 13.2. The summed E-state index contributed by atoms with van der Waals surface area (Å²) in [5, 5.41) is 3.77. The standard InChI is InChI=1S/C18H27N/c1-5-18(4)16-14-10-8-7-9-13(14)12(3)11-15(16)17(18)19-6-2/h7-10,12,15-17,19H,5-6,11H2,1-4H3. The molecule has 1 aromatic rings. The first-order valence-corrected chi connectivity index (χ1v) is 7.95. The maximum absolute atomic E-state index is 3.77. The van der Waals surface area contributed by atoms with Gasteiger partial charge in [0.1, 0.15) is 0 Å². The second kappa shape index (κ2) is 4.63. The summed E-state index contributed by atoms with van der Waals surface area (Å²) in [6.45, 7) is 10.6. The van der Waals surface area contributed by atoms with E-state index in [4.69, 9.17) is 0 Å². The van der Waals surface area contributed by atoms with Gasteiger partial charge in [0.25, 0.3) is 0 Å². The van der Waals surface area contributed by atoms with Crippen LogP contribution in [0.4, 0.5) is 0 Å². The van der Waals surface area contributed by atoms with E-state index in [1.54, 1.807) is 11.1 Å². The van der Waals surface area contributed by atoms with Gasteiger partial charge < -0.3 is 5.32 Å². The lowest BCUT2D eigenvalue weighted by Gasteiger charge is -2.63. The lowest BCUT2D eigenvalue weighted by atomic mass is 9.44. The molecule has 2 aliphatic carbocycles. The molecular weight excluding hydrogens is 230 g/mol. The van der Waals surface area contributed by atoms with Crippen LogP contribution in [0, 0.1) is 11.3 Å². The Kier molecular flexibility index (Phi) is 3.21. The Hall–Kier alpha value is -0.820. The van der Waals surface area contributed by atoms with E-state index in [1.165, 1.54) is 12.8 Å². The molecule has 3 rings (SSSR count). The van der Waals surface area contributed by atoms with E-state index < -0.39 is 0 Å². The maximum atomic E-state index is 3.77. The molecule has 19 heavy (non-hydrogen) atoms. The first-order chi connectivity index (χ1) is 9.13. The monoisotopic (exact) mass is 257 g/mol. The van der Waals surface area contributed by atoms with E-state index >= 15 is 0 Å². The van der Waals surface area contributed by atoms with Crippen molar-refractivity contribution < 1.29 is 0 Å². The average Bonchev–Trinajstić information content (AvgIpc) is 2.44. The topological polar surface area (TPSA) is 12.0 Å². The number of benzene rings is 1. The fourth-order valence-corrected chi connectivity index (χ4v) is 4.93. The van der Waals surface area contributed by atoms with Gasteiger partial charge in [-0.2, -0.15) is 0 Å². The third-order valence-corrected chi connectivity index (χ3v) is 5.95. The van der Waals surface area contributed by atoms with E-state index in [1.807, 2.05) is 0 Å². The second-order valence-corrected chi connectivity index (χ2v) is 6.80. The van der Waals surface area contributed by atoms with Crippen LogP contribution in [0.25, 0.3) is 0 Å². The zero-order chi connectivity index (χ0) is 13.6. The molecule has 5 unspecified atom stereocenters. The molecule has 0 aromatic heterocycles. The van der Waals surface area contributed by atoms with Gasteiger partial charge in [0.15, 0.2) is 0 Å². The summed E-state index contributed by atoms with van der Waals surface area (Å²) >= 11 is 0. The van der Waals surface area contributed by atoms with Crippen LogP contribution in [0.15, 0.2) is 24.3 Å². The summed E-state index contributed by atoms with van der Waals surface area (Å²) in [5.74, 6) is 2.34. The van der Waals surface area contributed by atoms with Gasteiger partial charge in [-0.25, -0.2) is 0 Å². The molecule has 0 aliphatic heterocycles. The van der Waals surface area contributed by atoms with E-state index in [0.717, 1.165) is 24.3 Å². The van der Waals surface area contributed by atoms with Gasteiger partial charge in [0.05, 0.1) is 0 Å². The van der Waals surface area contributed by atoms with Gasteiger partial charge in [-0.05, 0) is 53.7 Å². The van der Waals surface area contributed by atoms with Crippen LogP contribution >= 0.6 is 0 Å². The van der Waals surface area contributed by atoms with Crippen molar-refractivity contribution in [2.75, 3.05) is 6.54 Å². The van der Waals surface area contributed by atoms with Gasteiger partial charge in [-0.15, -0.1) is 0 Å². The maximum Gasteiger partial charge on any atom is 0.0161 e. The molecule has 1 saturated carbocycles. The Morgan fingerprint density at radius 3 is 2.53 bits per heavy atom. The summed E-state index contributed by atoms with van der Waals surface area (Å²) in [4.78, 5) is 0. The van der Waals surface area contributed by atoms with Crippen molar-refractivity contribution in [2.45, 2.75) is 58.4 Å². The molecular formula is C18H27N. The highest BCUT2D eigenvalue weighted by atomic mass is 15.0. The van der Waals surface area contributed by atoms with Crippen molar-refractivity contribution in [3.8, 4) is 0 Å². The minimum absolute atomic E-state index is 0.441. The fourth-order valence-electron chi connectivity index (χ4n) is 4.93. The third kappa shape index (κ3) is 1.71. The lowest BCUT2D eigenvalue weighted by Crippen LogP contribution is -2.65. The molecule has 1 N–H and O–H groups in total. The van der Waals surface area contributed by atoms with Crippen LogP contribution in [0.3, 0.4) is 0 Å². The predicted molar refractivity (Wildman–Crippen MR) is 81.6 cm³/mol. The van der Waals surface area contributed by atoms with E-state index in [2.05, 4.69) is 57.3 Å². The van der Waals surface area contributed by atoms with E-state index in [-0.39, 0.29) is 0 Å². The lowest BCUT2D eigenvalue weighted by molar-refractivity contribution is -0.0430. The first-order valence-electron chi connectivity index (χ1n) is 7.95. The third-order valence-electron chi connectivity index (χ3n) is 5.95. The number of fused-ring (bicyclic) bond motifs is 3. The molecule has 2 aliphatic rings. The van der Waals surface area contributed by atoms with Crippen LogP contribution in [-0.2, 0) is 0 Å². The van der Waals surface area contributed by atoms with Gasteiger partial charge in [-0.1, -0.05) is 52.0 Å². The van der Waals surface area contributed by atoms with Crippen molar-refractivity contribution >= 4 is 0 Å². The number of hydrogen-bond donors (Lipinski definition) is 1. The molecule has 0 saturated heterocycles. The quantitative estimate of drug-likeness (QED) is 0.851. The Balaban J connectivity index is 2.01. The van der Waals surface area contributed by atoms with Crippen LogP contribution < -0.4 is 5.32 Å². The van der Waals surface area contributed by atoms with Crippen molar-refractivity contribution in [1.82, 2.24) is 5.32 Å². The van der Waals surface area contributed by atoms with Crippen molar-refractivity contribution in [3.63, 3.8) is 0 Å². The number of rotatable bonds is 3. The van der Waals surface area contributed by atoms with Gasteiger partial charge in [0, 0.05) is 6.04 Å². The summed E-state index contributed by atoms with van der Waals surface area (Å²) in [6.07, 6.45) is 2.63. The molecule has 1 heteroatoms. The normalized spacial score (nSPS) is 40.2. The Labute approximate surface area is 117 Å². The predicted octanol–water partition coefficient (Wildman–Crippen LogP) is 4.30. The molecule has 0 bridgehead atoms. The molecule has 0 spiro atoms.